The van der Waals surface area contributed by atoms with E-state index in [1.54, 1.807) is 0 Å². The number of rotatable bonds is 1. The third-order valence-electron chi connectivity index (χ3n) is 6.47. The zero-order valence-electron chi connectivity index (χ0n) is 14.3. The molecule has 2 saturated carbocycles. The van der Waals surface area contributed by atoms with Crippen molar-refractivity contribution < 1.29 is 10.2 Å². The Bertz CT molecular complexity index is 542. The van der Waals surface area contributed by atoms with Gasteiger partial charge in [0.25, 0.3) is 0 Å². The van der Waals surface area contributed by atoms with Crippen molar-refractivity contribution in [1.29, 1.82) is 0 Å². The van der Waals surface area contributed by atoms with Gasteiger partial charge in [0.05, 0.1) is 0 Å². The van der Waals surface area contributed by atoms with Crippen molar-refractivity contribution in [2.75, 3.05) is 0 Å². The molecule has 2 fully saturated rings. The van der Waals surface area contributed by atoms with Gasteiger partial charge >= 0.3 is 0 Å². The Labute approximate surface area is 134 Å². The van der Waals surface area contributed by atoms with E-state index in [4.69, 9.17) is 0 Å². The predicted octanol–water partition coefficient (Wildman–Crippen LogP) is 3.86. The van der Waals surface area contributed by atoms with Crippen LogP contribution in [0, 0.1) is 29.1 Å². The lowest BCUT2D eigenvalue weighted by Crippen LogP contribution is -2.42. The highest BCUT2D eigenvalue weighted by Gasteiger charge is 2.49. The lowest BCUT2D eigenvalue weighted by molar-refractivity contribution is 0.0335. The van der Waals surface area contributed by atoms with E-state index in [1.165, 1.54) is 12.0 Å². The molecular weight excluding hydrogens is 272 g/mol. The van der Waals surface area contributed by atoms with Crippen molar-refractivity contribution in [2.24, 2.45) is 29.1 Å². The molecule has 2 N–H and O–H groups in total. The molecular formula is C20H30O2. The Kier molecular flexibility index (Phi) is 3.89. The highest BCUT2D eigenvalue weighted by atomic mass is 16.3. The summed E-state index contributed by atoms with van der Waals surface area (Å²) in [6.07, 6.45) is 6.16. The average Bonchev–Trinajstić information content (AvgIpc) is 2.98. The van der Waals surface area contributed by atoms with Gasteiger partial charge in [0.2, 0.25) is 0 Å². The molecule has 0 aromatic rings. The molecule has 2 heteroatoms. The van der Waals surface area contributed by atoms with Crippen molar-refractivity contribution in [2.45, 2.75) is 59.2 Å². The molecule has 3 rings (SSSR count). The molecule has 0 aromatic carbocycles. The summed E-state index contributed by atoms with van der Waals surface area (Å²) >= 11 is 0. The second-order valence-corrected chi connectivity index (χ2v) is 8.27. The molecule has 0 bridgehead atoms. The third kappa shape index (κ3) is 2.23. The number of hydrogen-bond donors (Lipinski definition) is 2. The summed E-state index contributed by atoms with van der Waals surface area (Å²) < 4.78 is 0. The molecule has 0 unspecified atom stereocenters. The third-order valence-corrected chi connectivity index (χ3v) is 6.47. The van der Waals surface area contributed by atoms with Crippen LogP contribution < -0.4 is 0 Å². The minimum atomic E-state index is -0.832. The second-order valence-electron chi connectivity index (χ2n) is 8.27. The minimum Gasteiger partial charge on any atom is -0.386 e. The molecule has 22 heavy (non-hydrogen) atoms. The average molecular weight is 302 g/mol. The van der Waals surface area contributed by atoms with Crippen LogP contribution in [0.3, 0.4) is 0 Å². The molecule has 0 aromatic heterocycles. The van der Waals surface area contributed by atoms with Gasteiger partial charge in [-0.3, -0.25) is 0 Å². The summed E-state index contributed by atoms with van der Waals surface area (Å²) in [7, 11) is 0. The van der Waals surface area contributed by atoms with Gasteiger partial charge in [0.15, 0.2) is 0 Å². The van der Waals surface area contributed by atoms with Crippen molar-refractivity contribution in [3.05, 3.63) is 35.5 Å². The predicted molar refractivity (Wildman–Crippen MR) is 90.3 cm³/mol. The lowest BCUT2D eigenvalue weighted by atomic mass is 9.65. The fourth-order valence-electron chi connectivity index (χ4n) is 5.11. The van der Waals surface area contributed by atoms with Crippen molar-refractivity contribution in [3.63, 3.8) is 0 Å². The van der Waals surface area contributed by atoms with Crippen LogP contribution in [0.4, 0.5) is 0 Å². The standard InChI is InChI=1S/C20H30O2/c1-11(2)14-8-9-20(5)10-16-12(3)6-7-15(16)13(4)18(21)19(22)17(14)20/h8-9,11-12,15-16,18-19,21-22H,4,6-7,10H2,1-3,5H3/t12-,15+,16-,18-,19+,20+/m1/s1. The summed E-state index contributed by atoms with van der Waals surface area (Å²) in [6.45, 7) is 13.1. The fourth-order valence-corrected chi connectivity index (χ4v) is 5.11. The van der Waals surface area contributed by atoms with E-state index in [-0.39, 0.29) is 5.41 Å². The molecule has 0 aliphatic heterocycles. The van der Waals surface area contributed by atoms with Gasteiger partial charge in [0.1, 0.15) is 12.2 Å². The van der Waals surface area contributed by atoms with E-state index in [2.05, 4.69) is 46.4 Å². The van der Waals surface area contributed by atoms with Crippen LogP contribution in [0.1, 0.15) is 47.0 Å². The maximum absolute atomic E-state index is 10.9. The summed E-state index contributed by atoms with van der Waals surface area (Å²) in [5.74, 6) is 1.94. The van der Waals surface area contributed by atoms with E-state index < -0.39 is 12.2 Å². The number of hydrogen-bond acceptors (Lipinski definition) is 2. The first-order valence-electron chi connectivity index (χ1n) is 8.75. The smallest absolute Gasteiger partial charge is 0.106 e. The zero-order valence-corrected chi connectivity index (χ0v) is 14.3. The van der Waals surface area contributed by atoms with E-state index in [9.17, 15) is 10.2 Å². The number of aliphatic hydroxyl groups excluding tert-OH is 2. The first-order chi connectivity index (χ1) is 10.3. The lowest BCUT2D eigenvalue weighted by Gasteiger charge is -2.42. The first-order valence-corrected chi connectivity index (χ1v) is 8.75. The van der Waals surface area contributed by atoms with E-state index in [1.807, 2.05) is 0 Å². The van der Waals surface area contributed by atoms with Gasteiger partial charge in [0, 0.05) is 5.41 Å². The topological polar surface area (TPSA) is 40.5 Å². The molecule has 3 aliphatic carbocycles. The van der Waals surface area contributed by atoms with Gasteiger partial charge in [-0.05, 0) is 59.7 Å². The van der Waals surface area contributed by atoms with Crippen LogP contribution in [0.2, 0.25) is 0 Å². The molecule has 2 nitrogen and oxygen atoms in total. The largest absolute Gasteiger partial charge is 0.386 e. The van der Waals surface area contributed by atoms with Gasteiger partial charge in [-0.25, -0.2) is 0 Å². The molecule has 0 saturated heterocycles. The van der Waals surface area contributed by atoms with Crippen molar-refractivity contribution >= 4 is 0 Å². The molecule has 0 heterocycles. The van der Waals surface area contributed by atoms with Crippen molar-refractivity contribution in [3.8, 4) is 0 Å². The van der Waals surface area contributed by atoms with Crippen LogP contribution in [-0.2, 0) is 0 Å². The van der Waals surface area contributed by atoms with Crippen LogP contribution in [-0.4, -0.2) is 22.4 Å². The van der Waals surface area contributed by atoms with Crippen LogP contribution >= 0.6 is 0 Å². The second kappa shape index (κ2) is 5.35. The van der Waals surface area contributed by atoms with Crippen LogP contribution in [0.25, 0.3) is 0 Å². The Morgan fingerprint density at radius 1 is 1.23 bits per heavy atom. The number of aliphatic hydroxyl groups is 2. The van der Waals surface area contributed by atoms with Gasteiger partial charge in [-0.2, -0.15) is 0 Å². The Morgan fingerprint density at radius 2 is 1.91 bits per heavy atom. The molecule has 122 valence electrons. The SMILES string of the molecule is C=C1[C@@H](O)[C@@H](O)C2=C(C(C)C)C=C[C@@]2(C)C[C@@H]2[C@H](C)CC[C@@H]12. The Hall–Kier alpha value is -0.860. The van der Waals surface area contributed by atoms with Crippen LogP contribution in [0.15, 0.2) is 35.5 Å². The Balaban J connectivity index is 2.09. The summed E-state index contributed by atoms with van der Waals surface area (Å²) in [5, 5.41) is 21.6. The van der Waals surface area contributed by atoms with E-state index >= 15 is 0 Å². The number of allylic oxidation sites excluding steroid dienone is 3. The summed E-state index contributed by atoms with van der Waals surface area (Å²) in [4.78, 5) is 0. The van der Waals surface area contributed by atoms with E-state index in [0.717, 1.165) is 24.0 Å². The summed E-state index contributed by atoms with van der Waals surface area (Å²) in [6, 6.07) is 0. The van der Waals surface area contributed by atoms with Gasteiger partial charge in [-0.1, -0.05) is 46.4 Å². The maximum Gasteiger partial charge on any atom is 0.106 e. The van der Waals surface area contributed by atoms with Gasteiger partial charge < -0.3 is 10.2 Å². The maximum atomic E-state index is 10.9. The molecule has 0 radical (unpaired) electrons. The van der Waals surface area contributed by atoms with E-state index in [0.29, 0.717) is 23.7 Å². The molecule has 3 aliphatic rings. The monoisotopic (exact) mass is 302 g/mol. The summed E-state index contributed by atoms with van der Waals surface area (Å²) in [5.41, 5.74) is 2.97. The van der Waals surface area contributed by atoms with Crippen molar-refractivity contribution in [1.82, 2.24) is 0 Å². The molecule has 0 amide bonds. The quantitative estimate of drug-likeness (QED) is 0.722. The number of fused-ring (bicyclic) bond motifs is 2. The Morgan fingerprint density at radius 3 is 2.55 bits per heavy atom. The molecule has 6 atom stereocenters. The fraction of sp³-hybridized carbons (Fsp3) is 0.700. The zero-order chi connectivity index (χ0) is 16.2. The molecule has 0 spiro atoms. The normalized spacial score (nSPS) is 45.0. The van der Waals surface area contributed by atoms with Gasteiger partial charge in [-0.15, -0.1) is 0 Å². The van der Waals surface area contributed by atoms with Crippen LogP contribution in [0.5, 0.6) is 0 Å². The highest BCUT2D eigenvalue weighted by molar-refractivity contribution is 5.46. The minimum absolute atomic E-state index is 0.123. The highest BCUT2D eigenvalue weighted by Crippen LogP contribution is 2.55. The first kappa shape index (κ1) is 16.0.